The molecular weight excluding hydrogens is 358 g/mol. The Balaban J connectivity index is 1.75. The minimum absolute atomic E-state index is 0.0369. The van der Waals surface area contributed by atoms with Crippen molar-refractivity contribution in [1.82, 2.24) is 4.72 Å². The molecule has 0 spiro atoms. The zero-order valence-electron chi connectivity index (χ0n) is 14.0. The first-order valence-corrected chi connectivity index (χ1v) is 11.6. The molecule has 5 nitrogen and oxygen atoms in total. The van der Waals surface area contributed by atoms with Crippen LogP contribution >= 0.6 is 0 Å². The van der Waals surface area contributed by atoms with Crippen LogP contribution < -0.4 is 4.72 Å². The number of sulfonamides is 1. The van der Waals surface area contributed by atoms with Gasteiger partial charge in [0.05, 0.1) is 23.3 Å². The lowest BCUT2D eigenvalue weighted by Crippen LogP contribution is -2.38. The summed E-state index contributed by atoms with van der Waals surface area (Å²) >= 11 is 0. The Hall–Kier alpha value is -1.70. The van der Waals surface area contributed by atoms with Crippen molar-refractivity contribution in [2.45, 2.75) is 25.1 Å². The first kappa shape index (κ1) is 18.1. The Morgan fingerprint density at radius 2 is 1.76 bits per heavy atom. The van der Waals surface area contributed by atoms with Crippen molar-refractivity contribution in [3.8, 4) is 0 Å². The molecule has 7 heteroatoms. The maximum Gasteiger partial charge on any atom is 0.212 e. The fraction of sp³-hybridized carbons (Fsp3) is 0.333. The van der Waals surface area contributed by atoms with Crippen LogP contribution in [0.5, 0.6) is 0 Å². The summed E-state index contributed by atoms with van der Waals surface area (Å²) in [4.78, 5) is 0. The van der Waals surface area contributed by atoms with Crippen LogP contribution in [0, 0.1) is 6.92 Å². The highest BCUT2D eigenvalue weighted by Gasteiger charge is 2.32. The van der Waals surface area contributed by atoms with Crippen LogP contribution in [0.25, 0.3) is 0 Å². The molecule has 0 amide bonds. The van der Waals surface area contributed by atoms with Gasteiger partial charge in [-0.25, -0.2) is 21.6 Å². The average molecular weight is 380 g/mol. The van der Waals surface area contributed by atoms with Crippen LogP contribution in [0.3, 0.4) is 0 Å². The van der Waals surface area contributed by atoms with Gasteiger partial charge >= 0.3 is 0 Å². The second-order valence-electron chi connectivity index (χ2n) is 6.48. The van der Waals surface area contributed by atoms with E-state index in [1.54, 1.807) is 24.3 Å². The number of sulfone groups is 1. The molecule has 1 N–H and O–H groups in total. The van der Waals surface area contributed by atoms with Crippen LogP contribution in [-0.2, 0) is 32.0 Å². The summed E-state index contributed by atoms with van der Waals surface area (Å²) in [5, 5.41) is 0. The number of hydrogen-bond acceptors (Lipinski definition) is 4. The molecule has 0 aliphatic carbocycles. The number of nitrogens with one attached hydrogen (secondary N) is 1. The molecule has 3 rings (SSSR count). The highest BCUT2D eigenvalue weighted by Crippen LogP contribution is 2.28. The first-order valence-electron chi connectivity index (χ1n) is 8.08. The van der Waals surface area contributed by atoms with Crippen LogP contribution in [0.15, 0.2) is 48.5 Å². The molecule has 25 heavy (non-hydrogen) atoms. The molecular formula is C18H21NO4S2. The Labute approximate surface area is 149 Å². The van der Waals surface area contributed by atoms with Crippen molar-refractivity contribution in [2.24, 2.45) is 0 Å². The van der Waals surface area contributed by atoms with E-state index in [0.29, 0.717) is 12.0 Å². The van der Waals surface area contributed by atoms with Gasteiger partial charge < -0.3 is 0 Å². The third-order valence-corrected chi connectivity index (χ3v) is 7.31. The Morgan fingerprint density at radius 1 is 1.08 bits per heavy atom. The number of benzene rings is 2. The van der Waals surface area contributed by atoms with E-state index in [4.69, 9.17) is 0 Å². The fourth-order valence-electron chi connectivity index (χ4n) is 3.03. The zero-order chi connectivity index (χ0) is 18.1. The molecule has 0 fully saturated rings. The highest BCUT2D eigenvalue weighted by atomic mass is 32.2. The van der Waals surface area contributed by atoms with Gasteiger partial charge in [-0.05, 0) is 30.0 Å². The van der Waals surface area contributed by atoms with Crippen molar-refractivity contribution in [1.29, 1.82) is 0 Å². The molecule has 2 aromatic carbocycles. The Kier molecular flexibility index (Phi) is 4.99. The molecule has 1 aliphatic rings. The van der Waals surface area contributed by atoms with Gasteiger partial charge in [0.15, 0.2) is 9.84 Å². The van der Waals surface area contributed by atoms with E-state index in [1.165, 1.54) is 0 Å². The third-order valence-electron chi connectivity index (χ3n) is 4.33. The molecule has 1 atom stereocenters. The summed E-state index contributed by atoms with van der Waals surface area (Å²) in [6, 6.07) is 14.1. The van der Waals surface area contributed by atoms with Crippen LogP contribution in [0.1, 0.15) is 28.3 Å². The summed E-state index contributed by atoms with van der Waals surface area (Å²) in [5.74, 6) is -0.312. The van der Waals surface area contributed by atoms with Gasteiger partial charge in [-0.3, -0.25) is 0 Å². The van der Waals surface area contributed by atoms with Gasteiger partial charge in [-0.1, -0.05) is 54.1 Å². The monoisotopic (exact) mass is 379 g/mol. The number of aryl methyl sites for hydroxylation is 2. The zero-order valence-corrected chi connectivity index (χ0v) is 15.6. The lowest BCUT2D eigenvalue weighted by Gasteiger charge is -2.26. The van der Waals surface area contributed by atoms with Crippen LogP contribution in [-0.4, -0.2) is 28.3 Å². The molecule has 0 aromatic heterocycles. The summed E-state index contributed by atoms with van der Waals surface area (Å²) in [6.45, 7) is 1.98. The minimum atomic E-state index is -3.60. The van der Waals surface area contributed by atoms with Crippen LogP contribution in [0.2, 0.25) is 0 Å². The molecule has 0 saturated carbocycles. The maximum absolute atomic E-state index is 12.5. The molecule has 0 bridgehead atoms. The van der Waals surface area contributed by atoms with Gasteiger partial charge in [0.25, 0.3) is 0 Å². The van der Waals surface area contributed by atoms with Crippen molar-refractivity contribution < 1.29 is 16.8 Å². The average Bonchev–Trinajstić information content (AvgIpc) is 2.53. The van der Waals surface area contributed by atoms with E-state index in [9.17, 15) is 16.8 Å². The predicted molar refractivity (Wildman–Crippen MR) is 98.5 cm³/mol. The predicted octanol–water partition coefficient (Wildman–Crippen LogP) is 2.13. The van der Waals surface area contributed by atoms with Crippen molar-refractivity contribution in [3.63, 3.8) is 0 Å². The number of hydrogen-bond donors (Lipinski definition) is 1. The van der Waals surface area contributed by atoms with E-state index in [1.807, 2.05) is 31.2 Å². The maximum atomic E-state index is 12.5. The summed E-state index contributed by atoms with van der Waals surface area (Å²) in [7, 11) is -6.91. The number of rotatable bonds is 5. The Morgan fingerprint density at radius 3 is 2.48 bits per heavy atom. The smallest absolute Gasteiger partial charge is 0.212 e. The summed E-state index contributed by atoms with van der Waals surface area (Å²) < 4.78 is 51.7. The lowest BCUT2D eigenvalue weighted by atomic mass is 10.0. The van der Waals surface area contributed by atoms with E-state index in [-0.39, 0.29) is 17.3 Å². The highest BCUT2D eigenvalue weighted by molar-refractivity contribution is 7.91. The molecule has 1 unspecified atom stereocenters. The van der Waals surface area contributed by atoms with Crippen molar-refractivity contribution >= 4 is 19.9 Å². The lowest BCUT2D eigenvalue weighted by molar-refractivity contribution is 0.553. The molecule has 0 saturated heterocycles. The topological polar surface area (TPSA) is 80.3 Å². The van der Waals surface area contributed by atoms with Gasteiger partial charge in [-0.15, -0.1) is 0 Å². The van der Waals surface area contributed by atoms with Crippen LogP contribution in [0.4, 0.5) is 0 Å². The summed E-state index contributed by atoms with van der Waals surface area (Å²) in [5.41, 5.74) is 3.47. The van der Waals surface area contributed by atoms with E-state index in [2.05, 4.69) is 4.72 Å². The third kappa shape index (κ3) is 4.68. The number of fused-ring (bicyclic) bond motifs is 1. The molecule has 1 aliphatic heterocycles. The second kappa shape index (κ2) is 6.90. The quantitative estimate of drug-likeness (QED) is 0.863. The molecule has 134 valence electrons. The fourth-order valence-corrected chi connectivity index (χ4v) is 6.02. The Bertz CT molecular complexity index is 964. The van der Waals surface area contributed by atoms with E-state index < -0.39 is 25.9 Å². The SMILES string of the molecule is Cc1ccc(CCS(=O)(=O)NC2CS(=O)(=O)Cc3ccccc32)cc1. The van der Waals surface area contributed by atoms with Gasteiger partial charge in [0.2, 0.25) is 10.0 Å². The van der Waals surface area contributed by atoms with E-state index in [0.717, 1.165) is 16.7 Å². The van der Waals surface area contributed by atoms with Gasteiger partial charge in [0.1, 0.15) is 0 Å². The van der Waals surface area contributed by atoms with Gasteiger partial charge in [0, 0.05) is 0 Å². The van der Waals surface area contributed by atoms with Crippen molar-refractivity contribution in [3.05, 3.63) is 70.8 Å². The van der Waals surface area contributed by atoms with E-state index >= 15 is 0 Å². The van der Waals surface area contributed by atoms with Gasteiger partial charge in [-0.2, -0.15) is 0 Å². The normalized spacial score (nSPS) is 19.3. The first-order chi connectivity index (χ1) is 11.7. The summed E-state index contributed by atoms with van der Waals surface area (Å²) in [6.07, 6.45) is 0.386. The molecule has 2 aromatic rings. The standard InChI is InChI=1S/C18H21NO4S2/c1-14-6-8-15(9-7-14)10-11-25(22,23)19-18-13-24(20,21)12-16-4-2-3-5-17(16)18/h2-9,18-19H,10-13H2,1H3. The minimum Gasteiger partial charge on any atom is -0.228 e. The van der Waals surface area contributed by atoms with Crippen molar-refractivity contribution in [2.75, 3.05) is 11.5 Å². The molecule has 0 radical (unpaired) electrons. The largest absolute Gasteiger partial charge is 0.228 e. The molecule has 1 heterocycles. The second-order valence-corrected chi connectivity index (χ2v) is 10.5.